The molecule has 3 rings (SSSR count). The minimum atomic E-state index is -0.159. The van der Waals surface area contributed by atoms with Crippen LogP contribution in [0.5, 0.6) is 0 Å². The van der Waals surface area contributed by atoms with Crippen molar-refractivity contribution in [2.75, 3.05) is 13.2 Å². The van der Waals surface area contributed by atoms with Gasteiger partial charge in [-0.25, -0.2) is 4.39 Å². The molecule has 0 amide bonds. The molecule has 2 atom stereocenters. The van der Waals surface area contributed by atoms with E-state index in [1.165, 1.54) is 18.9 Å². The molecular formula is C14H19ClFNO. The Balaban J connectivity index is 0.00000120. The predicted molar refractivity (Wildman–Crippen MR) is 71.5 cm³/mol. The van der Waals surface area contributed by atoms with E-state index in [2.05, 4.69) is 5.32 Å². The van der Waals surface area contributed by atoms with Gasteiger partial charge in [-0.15, -0.1) is 12.4 Å². The van der Waals surface area contributed by atoms with Gasteiger partial charge in [-0.2, -0.15) is 0 Å². The fraction of sp³-hybridized carbons (Fsp3) is 0.571. The Morgan fingerprint density at radius 3 is 3.06 bits per heavy atom. The number of hydrogen-bond donors (Lipinski definition) is 1. The molecule has 18 heavy (non-hydrogen) atoms. The maximum Gasteiger partial charge on any atom is 0.123 e. The van der Waals surface area contributed by atoms with Crippen LogP contribution in [0.25, 0.3) is 0 Å². The highest BCUT2D eigenvalue weighted by atomic mass is 35.5. The summed E-state index contributed by atoms with van der Waals surface area (Å²) in [5.41, 5.74) is 0.889. The van der Waals surface area contributed by atoms with E-state index < -0.39 is 0 Å². The highest BCUT2D eigenvalue weighted by Gasteiger charge is 2.44. The maximum absolute atomic E-state index is 13.4. The van der Waals surface area contributed by atoms with Crippen LogP contribution in [0, 0.1) is 5.82 Å². The van der Waals surface area contributed by atoms with Gasteiger partial charge in [-0.3, -0.25) is 0 Å². The molecule has 0 spiro atoms. The van der Waals surface area contributed by atoms with Gasteiger partial charge in [0, 0.05) is 6.54 Å². The zero-order chi connectivity index (χ0) is 11.7. The van der Waals surface area contributed by atoms with Gasteiger partial charge in [0.25, 0.3) is 0 Å². The van der Waals surface area contributed by atoms with E-state index in [4.69, 9.17) is 4.74 Å². The zero-order valence-corrected chi connectivity index (χ0v) is 11.1. The Bertz CT molecular complexity index is 401. The summed E-state index contributed by atoms with van der Waals surface area (Å²) >= 11 is 0. The molecule has 1 saturated heterocycles. The highest BCUT2D eigenvalue weighted by Crippen LogP contribution is 2.40. The van der Waals surface area contributed by atoms with Crippen LogP contribution in [0.3, 0.4) is 0 Å². The van der Waals surface area contributed by atoms with Crippen LogP contribution in [-0.2, 0) is 10.3 Å². The lowest BCUT2D eigenvalue weighted by molar-refractivity contribution is -0.0757. The minimum Gasteiger partial charge on any atom is -0.375 e. The standard InChI is InChI=1S/C14H18FNO.ClH/c15-12-5-3-4-11(10-12)14-7-2-1-6-13(14)17-9-8-16-14;/h3-5,10,13,16H,1-2,6-9H2;1H. The normalized spacial score (nSPS) is 31.3. The SMILES string of the molecule is Cl.Fc1cccc(C23CCCCC2OCCN3)c1. The molecule has 0 aromatic heterocycles. The molecule has 2 aliphatic rings. The second-order valence-corrected chi connectivity index (χ2v) is 5.01. The van der Waals surface area contributed by atoms with E-state index in [1.807, 2.05) is 6.07 Å². The van der Waals surface area contributed by atoms with Gasteiger partial charge >= 0.3 is 0 Å². The van der Waals surface area contributed by atoms with Crippen molar-refractivity contribution in [2.24, 2.45) is 0 Å². The monoisotopic (exact) mass is 271 g/mol. The van der Waals surface area contributed by atoms with Crippen LogP contribution in [-0.4, -0.2) is 19.3 Å². The molecule has 0 radical (unpaired) electrons. The maximum atomic E-state index is 13.4. The first kappa shape index (κ1) is 13.8. The number of morpholine rings is 1. The van der Waals surface area contributed by atoms with Crippen LogP contribution in [0.2, 0.25) is 0 Å². The molecule has 2 unspecified atom stereocenters. The summed E-state index contributed by atoms with van der Waals surface area (Å²) in [4.78, 5) is 0. The van der Waals surface area contributed by atoms with Crippen molar-refractivity contribution in [1.82, 2.24) is 5.32 Å². The molecular weight excluding hydrogens is 253 g/mol. The molecule has 0 bridgehead atoms. The average Bonchev–Trinajstić information content (AvgIpc) is 2.39. The lowest BCUT2D eigenvalue weighted by Gasteiger charge is -2.48. The summed E-state index contributed by atoms with van der Waals surface area (Å²) in [7, 11) is 0. The average molecular weight is 272 g/mol. The summed E-state index contributed by atoms with van der Waals surface area (Å²) in [6, 6.07) is 6.96. The lowest BCUT2D eigenvalue weighted by Crippen LogP contribution is -2.59. The van der Waals surface area contributed by atoms with E-state index >= 15 is 0 Å². The van der Waals surface area contributed by atoms with Crippen LogP contribution in [0.4, 0.5) is 4.39 Å². The van der Waals surface area contributed by atoms with Gasteiger partial charge < -0.3 is 10.1 Å². The van der Waals surface area contributed by atoms with Crippen LogP contribution >= 0.6 is 12.4 Å². The molecule has 2 fully saturated rings. The number of halogens is 2. The summed E-state index contributed by atoms with van der Waals surface area (Å²) in [6.07, 6.45) is 4.71. The van der Waals surface area contributed by atoms with Crippen molar-refractivity contribution >= 4 is 12.4 Å². The first-order valence-electron chi connectivity index (χ1n) is 6.44. The van der Waals surface area contributed by atoms with E-state index in [0.29, 0.717) is 0 Å². The third-order valence-corrected chi connectivity index (χ3v) is 4.04. The number of ether oxygens (including phenoxy) is 1. The third kappa shape index (κ3) is 2.27. The topological polar surface area (TPSA) is 21.3 Å². The first-order chi connectivity index (χ1) is 8.31. The van der Waals surface area contributed by atoms with Crippen molar-refractivity contribution in [3.8, 4) is 0 Å². The van der Waals surface area contributed by atoms with Gasteiger partial charge in [0.2, 0.25) is 0 Å². The molecule has 1 aromatic rings. The molecule has 1 aromatic carbocycles. The number of hydrogen-bond acceptors (Lipinski definition) is 2. The number of nitrogens with one attached hydrogen (secondary N) is 1. The minimum absolute atomic E-state index is 0. The van der Waals surface area contributed by atoms with Gasteiger partial charge in [0.05, 0.1) is 18.2 Å². The molecule has 2 nitrogen and oxygen atoms in total. The van der Waals surface area contributed by atoms with Gasteiger partial charge in [0.1, 0.15) is 5.82 Å². The van der Waals surface area contributed by atoms with E-state index in [0.717, 1.165) is 31.6 Å². The van der Waals surface area contributed by atoms with Crippen molar-refractivity contribution in [2.45, 2.75) is 37.3 Å². The largest absolute Gasteiger partial charge is 0.375 e. The van der Waals surface area contributed by atoms with Crippen molar-refractivity contribution in [3.05, 3.63) is 35.6 Å². The summed E-state index contributed by atoms with van der Waals surface area (Å²) in [5, 5.41) is 3.59. The Hall–Kier alpha value is -0.640. The van der Waals surface area contributed by atoms with Crippen molar-refractivity contribution < 1.29 is 9.13 Å². The Kier molecular flexibility index (Phi) is 4.25. The Morgan fingerprint density at radius 1 is 1.33 bits per heavy atom. The summed E-state index contributed by atoms with van der Waals surface area (Å²) in [5.74, 6) is -0.159. The molecule has 100 valence electrons. The highest BCUT2D eigenvalue weighted by molar-refractivity contribution is 5.85. The summed E-state index contributed by atoms with van der Waals surface area (Å²) < 4.78 is 19.3. The molecule has 1 N–H and O–H groups in total. The number of rotatable bonds is 1. The molecule has 1 saturated carbocycles. The summed E-state index contributed by atoms with van der Waals surface area (Å²) in [6.45, 7) is 1.62. The zero-order valence-electron chi connectivity index (χ0n) is 10.3. The molecule has 4 heteroatoms. The fourth-order valence-electron chi connectivity index (χ4n) is 3.24. The Labute approximate surface area is 113 Å². The van der Waals surface area contributed by atoms with Crippen molar-refractivity contribution in [3.63, 3.8) is 0 Å². The number of benzene rings is 1. The van der Waals surface area contributed by atoms with E-state index in [9.17, 15) is 4.39 Å². The molecule has 1 aliphatic heterocycles. The smallest absolute Gasteiger partial charge is 0.123 e. The lowest BCUT2D eigenvalue weighted by atomic mass is 9.73. The van der Waals surface area contributed by atoms with Crippen LogP contribution < -0.4 is 5.32 Å². The molecule has 1 heterocycles. The third-order valence-electron chi connectivity index (χ3n) is 4.04. The van der Waals surface area contributed by atoms with E-state index in [1.54, 1.807) is 12.1 Å². The van der Waals surface area contributed by atoms with Gasteiger partial charge in [-0.1, -0.05) is 25.0 Å². The Morgan fingerprint density at radius 2 is 2.22 bits per heavy atom. The van der Waals surface area contributed by atoms with Crippen LogP contribution in [0.15, 0.2) is 24.3 Å². The van der Waals surface area contributed by atoms with E-state index in [-0.39, 0.29) is 29.9 Å². The van der Waals surface area contributed by atoms with Crippen LogP contribution in [0.1, 0.15) is 31.2 Å². The number of fused-ring (bicyclic) bond motifs is 1. The first-order valence-corrected chi connectivity index (χ1v) is 6.44. The predicted octanol–water partition coefficient (Wildman–Crippen LogP) is 3.01. The van der Waals surface area contributed by atoms with Gasteiger partial charge in [0.15, 0.2) is 0 Å². The fourth-order valence-corrected chi connectivity index (χ4v) is 3.24. The van der Waals surface area contributed by atoms with Crippen molar-refractivity contribution in [1.29, 1.82) is 0 Å². The molecule has 1 aliphatic carbocycles. The second-order valence-electron chi connectivity index (χ2n) is 5.01. The second kappa shape index (κ2) is 5.55. The quantitative estimate of drug-likeness (QED) is 0.848. The van der Waals surface area contributed by atoms with Gasteiger partial charge in [-0.05, 0) is 30.5 Å².